The molecule has 0 unspecified atom stereocenters. The first-order valence-electron chi connectivity index (χ1n) is 12.1. The minimum absolute atomic E-state index is 0.0202. The van der Waals surface area contributed by atoms with E-state index in [4.69, 9.17) is 4.98 Å². The SMILES string of the molecule is CC(C)N(C(=O)Cn1c(CCNC(=O)C2CCCCC2)nc2ccccc21)c1ccccc1. The Morgan fingerprint density at radius 2 is 1.73 bits per heavy atom. The molecule has 0 aliphatic heterocycles. The number of imidazole rings is 1. The number of carbonyl (C=O) groups is 2. The number of hydrogen-bond donors (Lipinski definition) is 1. The average Bonchev–Trinajstić information content (AvgIpc) is 3.17. The van der Waals surface area contributed by atoms with Crippen molar-refractivity contribution in [3.63, 3.8) is 0 Å². The van der Waals surface area contributed by atoms with Gasteiger partial charge in [-0.15, -0.1) is 0 Å². The molecule has 1 N–H and O–H groups in total. The van der Waals surface area contributed by atoms with Crippen LogP contribution in [-0.2, 0) is 22.6 Å². The quantitative estimate of drug-likeness (QED) is 0.545. The molecule has 1 aliphatic carbocycles. The van der Waals surface area contributed by atoms with Crippen molar-refractivity contribution in [3.05, 3.63) is 60.4 Å². The summed E-state index contributed by atoms with van der Waals surface area (Å²) in [5, 5.41) is 3.10. The molecule has 6 heteroatoms. The van der Waals surface area contributed by atoms with E-state index >= 15 is 0 Å². The van der Waals surface area contributed by atoms with Gasteiger partial charge in [0, 0.05) is 30.6 Å². The van der Waals surface area contributed by atoms with Crippen molar-refractivity contribution in [2.45, 2.75) is 65.0 Å². The number of hydrogen-bond acceptors (Lipinski definition) is 3. The minimum atomic E-state index is 0.0202. The number of amides is 2. The van der Waals surface area contributed by atoms with Crippen molar-refractivity contribution in [1.82, 2.24) is 14.9 Å². The number of benzene rings is 2. The molecule has 0 saturated heterocycles. The van der Waals surface area contributed by atoms with Crippen LogP contribution in [0.3, 0.4) is 0 Å². The summed E-state index contributed by atoms with van der Waals surface area (Å²) in [5.74, 6) is 1.14. The third-order valence-corrected chi connectivity index (χ3v) is 6.47. The molecule has 1 aliphatic rings. The van der Waals surface area contributed by atoms with Crippen LogP contribution in [0.25, 0.3) is 11.0 Å². The molecular formula is C27H34N4O2. The number of aromatic nitrogens is 2. The van der Waals surface area contributed by atoms with Crippen LogP contribution in [0.4, 0.5) is 5.69 Å². The second-order valence-corrected chi connectivity index (χ2v) is 9.17. The highest BCUT2D eigenvalue weighted by Gasteiger charge is 2.23. The molecule has 3 aromatic rings. The highest BCUT2D eigenvalue weighted by Crippen LogP contribution is 2.24. The van der Waals surface area contributed by atoms with Crippen LogP contribution >= 0.6 is 0 Å². The molecule has 1 aromatic heterocycles. The van der Waals surface area contributed by atoms with E-state index in [1.807, 2.05) is 77.9 Å². The van der Waals surface area contributed by atoms with Gasteiger partial charge in [-0.25, -0.2) is 4.98 Å². The van der Waals surface area contributed by atoms with Crippen molar-refractivity contribution in [1.29, 1.82) is 0 Å². The van der Waals surface area contributed by atoms with E-state index in [9.17, 15) is 9.59 Å². The molecular weight excluding hydrogens is 412 g/mol. The number of para-hydroxylation sites is 3. The number of carbonyl (C=O) groups excluding carboxylic acids is 2. The lowest BCUT2D eigenvalue weighted by Gasteiger charge is -2.27. The van der Waals surface area contributed by atoms with Crippen molar-refractivity contribution in [3.8, 4) is 0 Å². The van der Waals surface area contributed by atoms with E-state index in [0.29, 0.717) is 13.0 Å². The number of anilines is 1. The Morgan fingerprint density at radius 1 is 1.03 bits per heavy atom. The number of nitrogens with zero attached hydrogens (tertiary/aromatic N) is 3. The van der Waals surface area contributed by atoms with Crippen LogP contribution in [0.1, 0.15) is 51.8 Å². The van der Waals surface area contributed by atoms with Crippen LogP contribution in [0, 0.1) is 5.92 Å². The largest absolute Gasteiger partial charge is 0.355 e. The van der Waals surface area contributed by atoms with Crippen LogP contribution in [-0.4, -0.2) is 34.0 Å². The third-order valence-electron chi connectivity index (χ3n) is 6.47. The zero-order valence-electron chi connectivity index (χ0n) is 19.7. The van der Waals surface area contributed by atoms with E-state index in [1.54, 1.807) is 0 Å². The predicted octanol–water partition coefficient (Wildman–Crippen LogP) is 4.72. The van der Waals surface area contributed by atoms with Crippen LogP contribution < -0.4 is 10.2 Å². The molecule has 0 radical (unpaired) electrons. The maximum absolute atomic E-state index is 13.4. The molecule has 2 aromatic carbocycles. The van der Waals surface area contributed by atoms with Crippen LogP contribution in [0.2, 0.25) is 0 Å². The van der Waals surface area contributed by atoms with E-state index < -0.39 is 0 Å². The fourth-order valence-corrected chi connectivity index (χ4v) is 4.83. The fraction of sp³-hybridized carbons (Fsp3) is 0.444. The van der Waals surface area contributed by atoms with Crippen molar-refractivity contribution in [2.75, 3.05) is 11.4 Å². The first kappa shape index (κ1) is 23.0. The Hall–Kier alpha value is -3.15. The summed E-state index contributed by atoms with van der Waals surface area (Å²) in [6.07, 6.45) is 6.09. The number of nitrogens with one attached hydrogen (secondary N) is 1. The number of rotatable bonds is 8. The Labute approximate surface area is 196 Å². The fourth-order valence-electron chi connectivity index (χ4n) is 4.83. The van der Waals surface area contributed by atoms with Gasteiger partial charge in [-0.1, -0.05) is 49.6 Å². The van der Waals surface area contributed by atoms with Gasteiger partial charge < -0.3 is 14.8 Å². The van der Waals surface area contributed by atoms with Gasteiger partial charge in [0.05, 0.1) is 11.0 Å². The van der Waals surface area contributed by atoms with Crippen LogP contribution in [0.5, 0.6) is 0 Å². The summed E-state index contributed by atoms with van der Waals surface area (Å²) in [6, 6.07) is 17.7. The summed E-state index contributed by atoms with van der Waals surface area (Å²) in [4.78, 5) is 32.6. The van der Waals surface area contributed by atoms with E-state index in [-0.39, 0.29) is 30.3 Å². The standard InChI is InChI=1S/C27H34N4O2/c1-20(2)31(22-13-7-4-8-14-22)26(32)19-30-24-16-10-9-15-23(24)29-25(30)17-18-28-27(33)21-11-5-3-6-12-21/h4,7-10,13-16,20-21H,3,5-6,11-12,17-19H2,1-2H3,(H,28,33). The van der Waals surface area contributed by atoms with Crippen LogP contribution in [0.15, 0.2) is 54.6 Å². The van der Waals surface area contributed by atoms with Gasteiger partial charge in [0.15, 0.2) is 0 Å². The van der Waals surface area contributed by atoms with Gasteiger partial charge in [0.2, 0.25) is 11.8 Å². The summed E-state index contributed by atoms with van der Waals surface area (Å²) in [7, 11) is 0. The first-order chi connectivity index (χ1) is 16.0. The lowest BCUT2D eigenvalue weighted by atomic mass is 9.89. The molecule has 4 rings (SSSR count). The van der Waals surface area contributed by atoms with Gasteiger partial charge in [-0.05, 0) is 51.0 Å². The smallest absolute Gasteiger partial charge is 0.247 e. The summed E-state index contributed by atoms with van der Waals surface area (Å²) in [5.41, 5.74) is 2.70. The molecule has 0 spiro atoms. The molecule has 33 heavy (non-hydrogen) atoms. The molecule has 1 heterocycles. The zero-order chi connectivity index (χ0) is 23.2. The Bertz CT molecular complexity index is 1080. The Balaban J connectivity index is 1.51. The molecule has 0 bridgehead atoms. The summed E-state index contributed by atoms with van der Waals surface area (Å²) >= 11 is 0. The monoisotopic (exact) mass is 446 g/mol. The van der Waals surface area contributed by atoms with E-state index in [2.05, 4.69) is 5.32 Å². The Kier molecular flexibility index (Phi) is 7.43. The second-order valence-electron chi connectivity index (χ2n) is 9.17. The van der Waals surface area contributed by atoms with E-state index in [0.717, 1.165) is 48.2 Å². The second kappa shape index (κ2) is 10.6. The van der Waals surface area contributed by atoms with Gasteiger partial charge in [-0.2, -0.15) is 0 Å². The molecule has 1 saturated carbocycles. The molecule has 1 fully saturated rings. The maximum atomic E-state index is 13.4. The Morgan fingerprint density at radius 3 is 2.45 bits per heavy atom. The lowest BCUT2D eigenvalue weighted by molar-refractivity contribution is -0.126. The topological polar surface area (TPSA) is 67.2 Å². The first-order valence-corrected chi connectivity index (χ1v) is 12.1. The third kappa shape index (κ3) is 5.44. The van der Waals surface area contributed by atoms with Gasteiger partial charge >= 0.3 is 0 Å². The zero-order valence-corrected chi connectivity index (χ0v) is 19.7. The maximum Gasteiger partial charge on any atom is 0.247 e. The summed E-state index contributed by atoms with van der Waals surface area (Å²) in [6.45, 7) is 4.79. The van der Waals surface area contributed by atoms with Gasteiger partial charge in [-0.3, -0.25) is 9.59 Å². The van der Waals surface area contributed by atoms with Crippen molar-refractivity contribution >= 4 is 28.5 Å². The van der Waals surface area contributed by atoms with Gasteiger partial charge in [0.1, 0.15) is 12.4 Å². The normalized spacial score (nSPS) is 14.5. The molecule has 0 atom stereocenters. The number of fused-ring (bicyclic) bond motifs is 1. The van der Waals surface area contributed by atoms with Crippen molar-refractivity contribution in [2.24, 2.45) is 5.92 Å². The average molecular weight is 447 g/mol. The van der Waals surface area contributed by atoms with Crippen molar-refractivity contribution < 1.29 is 9.59 Å². The minimum Gasteiger partial charge on any atom is -0.355 e. The molecule has 2 amide bonds. The molecule has 6 nitrogen and oxygen atoms in total. The lowest BCUT2D eigenvalue weighted by Crippen LogP contribution is -2.39. The molecule has 174 valence electrons. The van der Waals surface area contributed by atoms with E-state index in [1.165, 1.54) is 6.42 Å². The highest BCUT2D eigenvalue weighted by molar-refractivity contribution is 5.94. The summed E-state index contributed by atoms with van der Waals surface area (Å²) < 4.78 is 2.00. The van der Waals surface area contributed by atoms with Gasteiger partial charge in [0.25, 0.3) is 0 Å². The predicted molar refractivity (Wildman–Crippen MR) is 132 cm³/mol. The highest BCUT2D eigenvalue weighted by atomic mass is 16.2.